The second kappa shape index (κ2) is 14.1. The summed E-state index contributed by atoms with van der Waals surface area (Å²) in [6.45, 7) is 6.98. The number of non-ortho nitro benzene ring substituents is 1. The summed E-state index contributed by atoms with van der Waals surface area (Å²) in [4.78, 5) is 41.6. The number of nitro groups is 1. The van der Waals surface area contributed by atoms with Crippen LogP contribution in [0.3, 0.4) is 0 Å². The number of carbonyl (C=O) groups excluding carboxylic acids is 2. The van der Waals surface area contributed by atoms with E-state index >= 15 is 0 Å². The van der Waals surface area contributed by atoms with Gasteiger partial charge in [0.1, 0.15) is 6.61 Å². The maximum atomic E-state index is 13.0. The molecule has 0 aromatic heterocycles. The van der Waals surface area contributed by atoms with Crippen LogP contribution < -0.4 is 5.32 Å². The highest BCUT2D eigenvalue weighted by molar-refractivity contribution is 5.73. The van der Waals surface area contributed by atoms with E-state index in [9.17, 15) is 19.7 Å². The molecule has 1 aliphatic carbocycles. The van der Waals surface area contributed by atoms with Crippen molar-refractivity contribution in [3.05, 3.63) is 88.5 Å². The Labute approximate surface area is 242 Å². The van der Waals surface area contributed by atoms with E-state index in [0.29, 0.717) is 23.9 Å². The van der Waals surface area contributed by atoms with E-state index in [4.69, 9.17) is 4.74 Å². The van der Waals surface area contributed by atoms with Crippen molar-refractivity contribution >= 4 is 17.8 Å². The number of nitrogens with zero attached hydrogens (tertiary/aromatic N) is 4. The number of benzene rings is 2. The molecule has 2 fully saturated rings. The van der Waals surface area contributed by atoms with Crippen molar-refractivity contribution in [3.8, 4) is 0 Å². The van der Waals surface area contributed by atoms with Crippen LogP contribution in [0.4, 0.5) is 15.3 Å². The molecule has 1 saturated carbocycles. The summed E-state index contributed by atoms with van der Waals surface area (Å²) in [7, 11) is 3.53. The highest BCUT2D eigenvalue weighted by Crippen LogP contribution is 2.40. The minimum atomic E-state index is -0.455. The lowest BCUT2D eigenvalue weighted by atomic mass is 9.88. The quantitative estimate of drug-likeness (QED) is 0.247. The minimum Gasteiger partial charge on any atom is -0.445 e. The highest BCUT2D eigenvalue weighted by atomic mass is 16.6. The van der Waals surface area contributed by atoms with E-state index in [1.54, 1.807) is 42.1 Å². The summed E-state index contributed by atoms with van der Waals surface area (Å²) in [5, 5.41) is 14.1. The standard InChI is InChI=1S/C31H41N5O5/c1-4-16-35(31(38)41-22-23-10-12-28(13-11-23)36(39)40)27-14-17-34(18-15-27)21-25-19-26(32-30(37)33(2)3)20-29(25)24-8-6-5-7-9-24/h4-13,25-27,29H,1,14-22H2,2-3H3,(H,32,37)/t25-,26-,29-/m1/s1. The number of piperidine rings is 1. The summed E-state index contributed by atoms with van der Waals surface area (Å²) in [6, 6.07) is 16.7. The first-order valence-corrected chi connectivity index (χ1v) is 14.3. The molecule has 1 N–H and O–H groups in total. The number of rotatable bonds is 10. The van der Waals surface area contributed by atoms with Gasteiger partial charge in [0.15, 0.2) is 0 Å². The van der Waals surface area contributed by atoms with Crippen molar-refractivity contribution in [3.63, 3.8) is 0 Å². The lowest BCUT2D eigenvalue weighted by Gasteiger charge is -2.39. The summed E-state index contributed by atoms with van der Waals surface area (Å²) < 4.78 is 5.57. The normalized spacial score (nSPS) is 21.2. The number of urea groups is 1. The Bertz CT molecular complexity index is 1180. The van der Waals surface area contributed by atoms with E-state index in [-0.39, 0.29) is 30.4 Å². The van der Waals surface area contributed by atoms with Gasteiger partial charge in [-0.15, -0.1) is 6.58 Å². The zero-order valence-electron chi connectivity index (χ0n) is 24.0. The molecule has 4 rings (SSSR count). The van der Waals surface area contributed by atoms with Crippen molar-refractivity contribution < 1.29 is 19.2 Å². The lowest BCUT2D eigenvalue weighted by Crippen LogP contribution is -2.48. The van der Waals surface area contributed by atoms with Crippen LogP contribution in [0.5, 0.6) is 0 Å². The van der Waals surface area contributed by atoms with Crippen molar-refractivity contribution in [1.29, 1.82) is 0 Å². The largest absolute Gasteiger partial charge is 0.445 e. The van der Waals surface area contributed by atoms with Gasteiger partial charge in [0, 0.05) is 64.5 Å². The van der Waals surface area contributed by atoms with Crippen LogP contribution in [-0.2, 0) is 11.3 Å². The molecule has 220 valence electrons. The van der Waals surface area contributed by atoms with Gasteiger partial charge in [-0.3, -0.25) is 10.1 Å². The number of likely N-dealkylation sites (tertiary alicyclic amines) is 1. The van der Waals surface area contributed by atoms with Crippen molar-refractivity contribution in [1.82, 2.24) is 20.0 Å². The van der Waals surface area contributed by atoms with E-state index in [1.807, 2.05) is 6.07 Å². The van der Waals surface area contributed by atoms with Crippen LogP contribution in [0.1, 0.15) is 42.7 Å². The van der Waals surface area contributed by atoms with Crippen molar-refractivity contribution in [2.75, 3.05) is 40.3 Å². The number of nitro benzene ring substituents is 1. The second-order valence-corrected chi connectivity index (χ2v) is 11.2. The minimum absolute atomic E-state index is 0.00153. The third-order valence-corrected chi connectivity index (χ3v) is 8.22. The highest BCUT2D eigenvalue weighted by Gasteiger charge is 2.38. The van der Waals surface area contributed by atoms with Crippen LogP contribution in [-0.4, -0.2) is 84.1 Å². The van der Waals surface area contributed by atoms with E-state index in [2.05, 4.69) is 41.1 Å². The average molecular weight is 564 g/mol. The van der Waals surface area contributed by atoms with Crippen molar-refractivity contribution in [2.45, 2.75) is 50.3 Å². The van der Waals surface area contributed by atoms with Crippen LogP contribution in [0, 0.1) is 16.0 Å². The number of carbonyl (C=O) groups is 2. The third kappa shape index (κ3) is 8.07. The maximum absolute atomic E-state index is 13.0. The number of ether oxygens (including phenoxy) is 1. The smallest absolute Gasteiger partial charge is 0.410 e. The van der Waals surface area contributed by atoms with Gasteiger partial charge in [-0.05, 0) is 60.8 Å². The molecule has 0 unspecified atom stereocenters. The van der Waals surface area contributed by atoms with Gasteiger partial charge >= 0.3 is 12.1 Å². The Morgan fingerprint density at radius 1 is 1.10 bits per heavy atom. The number of amides is 3. The first-order chi connectivity index (χ1) is 19.7. The van der Waals surface area contributed by atoms with Gasteiger partial charge in [-0.1, -0.05) is 36.4 Å². The summed E-state index contributed by atoms with van der Waals surface area (Å²) in [5.74, 6) is 0.811. The van der Waals surface area contributed by atoms with Gasteiger partial charge in [-0.2, -0.15) is 0 Å². The van der Waals surface area contributed by atoms with Crippen LogP contribution in [0.2, 0.25) is 0 Å². The predicted octanol–water partition coefficient (Wildman–Crippen LogP) is 5.02. The predicted molar refractivity (Wildman–Crippen MR) is 158 cm³/mol. The SMILES string of the molecule is C=CCN(C(=O)OCc1ccc([N+](=O)[O-])cc1)C1CCN(C[C@H]2C[C@@H](NC(=O)N(C)C)C[C@@H]2c2ccccc2)CC1. The van der Waals surface area contributed by atoms with Gasteiger partial charge in [-0.25, -0.2) is 9.59 Å². The van der Waals surface area contributed by atoms with Gasteiger partial charge in [0.2, 0.25) is 0 Å². The molecular weight excluding hydrogens is 522 g/mol. The Balaban J connectivity index is 1.32. The molecule has 3 atom stereocenters. The summed E-state index contributed by atoms with van der Waals surface area (Å²) in [5.41, 5.74) is 2.02. The average Bonchev–Trinajstić information content (AvgIpc) is 3.37. The Hall–Kier alpha value is -3.92. The van der Waals surface area contributed by atoms with Crippen LogP contribution in [0.25, 0.3) is 0 Å². The fourth-order valence-electron chi connectivity index (χ4n) is 6.06. The molecule has 2 aromatic rings. The molecule has 1 saturated heterocycles. The zero-order valence-corrected chi connectivity index (χ0v) is 24.0. The number of hydrogen-bond donors (Lipinski definition) is 1. The molecule has 0 bridgehead atoms. The van der Waals surface area contributed by atoms with Crippen LogP contribution >= 0.6 is 0 Å². The zero-order chi connectivity index (χ0) is 29.4. The number of nitrogens with one attached hydrogen (secondary N) is 1. The maximum Gasteiger partial charge on any atom is 0.410 e. The molecule has 41 heavy (non-hydrogen) atoms. The summed E-state index contributed by atoms with van der Waals surface area (Å²) in [6.07, 6.45) is 4.86. The van der Waals surface area contributed by atoms with E-state index in [1.165, 1.54) is 17.7 Å². The van der Waals surface area contributed by atoms with E-state index in [0.717, 1.165) is 45.3 Å². The first kappa shape index (κ1) is 30.0. The Morgan fingerprint density at radius 2 is 1.78 bits per heavy atom. The Kier molecular flexibility index (Phi) is 10.3. The monoisotopic (exact) mass is 563 g/mol. The molecule has 1 aliphatic heterocycles. The van der Waals surface area contributed by atoms with E-state index < -0.39 is 11.0 Å². The second-order valence-electron chi connectivity index (χ2n) is 11.2. The molecule has 10 nitrogen and oxygen atoms in total. The Morgan fingerprint density at radius 3 is 2.39 bits per heavy atom. The lowest BCUT2D eigenvalue weighted by molar-refractivity contribution is -0.384. The molecule has 0 radical (unpaired) electrons. The van der Waals surface area contributed by atoms with Gasteiger partial charge in [0.05, 0.1) is 4.92 Å². The topological polar surface area (TPSA) is 108 Å². The molecular formula is C31H41N5O5. The first-order valence-electron chi connectivity index (χ1n) is 14.3. The number of hydrogen-bond acceptors (Lipinski definition) is 6. The third-order valence-electron chi connectivity index (χ3n) is 8.22. The molecule has 0 spiro atoms. The molecule has 2 aliphatic rings. The molecule has 3 amide bonds. The molecule has 1 heterocycles. The molecule has 2 aromatic carbocycles. The fraction of sp³-hybridized carbons (Fsp3) is 0.484. The summed E-state index contributed by atoms with van der Waals surface area (Å²) >= 11 is 0. The molecule has 10 heteroatoms. The van der Waals surface area contributed by atoms with Crippen molar-refractivity contribution in [2.24, 2.45) is 5.92 Å². The van der Waals surface area contributed by atoms with Gasteiger partial charge in [0.25, 0.3) is 5.69 Å². The fourth-order valence-corrected chi connectivity index (χ4v) is 6.06. The van der Waals surface area contributed by atoms with Crippen LogP contribution in [0.15, 0.2) is 67.3 Å². The van der Waals surface area contributed by atoms with Gasteiger partial charge < -0.3 is 24.8 Å².